The van der Waals surface area contributed by atoms with Crippen LogP contribution < -0.4 is 10.6 Å². The third kappa shape index (κ3) is 6.52. The number of hydrogen-bond acceptors (Lipinski definition) is 4. The van der Waals surface area contributed by atoms with Gasteiger partial charge < -0.3 is 10.6 Å². The van der Waals surface area contributed by atoms with E-state index in [0.717, 1.165) is 18.9 Å². The minimum absolute atomic E-state index is 0. The van der Waals surface area contributed by atoms with Crippen LogP contribution in [0.1, 0.15) is 18.2 Å². The second kappa shape index (κ2) is 8.94. The molecule has 5 nitrogen and oxygen atoms in total. The van der Waals surface area contributed by atoms with E-state index in [2.05, 4.69) is 21.7 Å². The topological polar surface area (TPSA) is 70.6 Å². The van der Waals surface area contributed by atoms with Crippen LogP contribution in [0.4, 0.5) is 0 Å². The molecule has 0 aromatic carbocycles. The first-order valence-corrected chi connectivity index (χ1v) is 9.54. The van der Waals surface area contributed by atoms with Crippen LogP contribution in [0.15, 0.2) is 22.5 Å². The van der Waals surface area contributed by atoms with Crippen LogP contribution in [0.3, 0.4) is 0 Å². The number of thiophene rings is 1. The van der Waals surface area contributed by atoms with Gasteiger partial charge in [0.05, 0.1) is 18.1 Å². The zero-order chi connectivity index (χ0) is 14.4. The molecule has 2 rings (SSSR count). The maximum absolute atomic E-state index is 11.4. The van der Waals surface area contributed by atoms with Gasteiger partial charge in [0.2, 0.25) is 0 Å². The van der Waals surface area contributed by atoms with Gasteiger partial charge in [0.25, 0.3) is 0 Å². The van der Waals surface area contributed by atoms with Crippen LogP contribution in [0.25, 0.3) is 0 Å². The van der Waals surface area contributed by atoms with Gasteiger partial charge in [0, 0.05) is 18.0 Å². The number of sulfone groups is 1. The van der Waals surface area contributed by atoms with E-state index in [1.54, 1.807) is 11.3 Å². The molecule has 1 aromatic rings. The number of nitrogens with one attached hydrogen (secondary N) is 2. The molecule has 2 N–H and O–H groups in total. The Balaban J connectivity index is 0.00000220. The SMILES string of the molecule is CCNC(=NCc1cccs1)NCC1CCS(=O)(=O)C1.I. The van der Waals surface area contributed by atoms with Crippen molar-refractivity contribution < 1.29 is 8.42 Å². The van der Waals surface area contributed by atoms with Crippen LogP contribution in [0.5, 0.6) is 0 Å². The Morgan fingerprint density at radius 2 is 2.29 bits per heavy atom. The molecule has 0 spiro atoms. The molecule has 8 heteroatoms. The van der Waals surface area contributed by atoms with Crippen molar-refractivity contribution in [2.24, 2.45) is 10.9 Å². The number of aliphatic imine (C=N–C) groups is 1. The number of nitrogens with zero attached hydrogens (tertiary/aromatic N) is 1. The summed E-state index contributed by atoms with van der Waals surface area (Å²) in [6, 6.07) is 4.07. The van der Waals surface area contributed by atoms with Crippen molar-refractivity contribution in [3.8, 4) is 0 Å². The molecule has 0 saturated carbocycles. The first-order chi connectivity index (χ1) is 9.59. The van der Waals surface area contributed by atoms with Crippen molar-refractivity contribution in [1.82, 2.24) is 10.6 Å². The highest BCUT2D eigenvalue weighted by atomic mass is 127. The summed E-state index contributed by atoms with van der Waals surface area (Å²) in [5.41, 5.74) is 0. The average Bonchev–Trinajstić information content (AvgIpc) is 3.02. The van der Waals surface area contributed by atoms with Gasteiger partial charge in [0.15, 0.2) is 15.8 Å². The molecular weight excluding hydrogens is 421 g/mol. The van der Waals surface area contributed by atoms with Crippen molar-refractivity contribution in [2.45, 2.75) is 19.9 Å². The van der Waals surface area contributed by atoms with E-state index in [1.807, 2.05) is 18.4 Å². The Hall–Kier alpha value is -0.350. The lowest BCUT2D eigenvalue weighted by Crippen LogP contribution is -2.40. The van der Waals surface area contributed by atoms with Gasteiger partial charge >= 0.3 is 0 Å². The zero-order valence-electron chi connectivity index (χ0n) is 12.0. The third-order valence-corrected chi connectivity index (χ3v) is 5.90. The average molecular weight is 443 g/mol. The Morgan fingerprint density at radius 1 is 1.48 bits per heavy atom. The van der Waals surface area contributed by atoms with Crippen molar-refractivity contribution in [3.63, 3.8) is 0 Å². The van der Waals surface area contributed by atoms with Gasteiger partial charge in [-0.05, 0) is 30.7 Å². The summed E-state index contributed by atoms with van der Waals surface area (Å²) >= 11 is 1.68. The smallest absolute Gasteiger partial charge is 0.191 e. The van der Waals surface area contributed by atoms with E-state index in [-0.39, 0.29) is 29.9 Å². The number of hydrogen-bond donors (Lipinski definition) is 2. The molecule has 1 unspecified atom stereocenters. The van der Waals surface area contributed by atoms with Crippen molar-refractivity contribution in [1.29, 1.82) is 0 Å². The molecule has 1 atom stereocenters. The Morgan fingerprint density at radius 3 is 2.86 bits per heavy atom. The van der Waals surface area contributed by atoms with Crippen molar-refractivity contribution in [3.05, 3.63) is 22.4 Å². The van der Waals surface area contributed by atoms with Crippen LogP contribution >= 0.6 is 35.3 Å². The van der Waals surface area contributed by atoms with Gasteiger partial charge in [-0.25, -0.2) is 13.4 Å². The quantitative estimate of drug-likeness (QED) is 0.414. The molecule has 1 fully saturated rings. The standard InChI is InChI=1S/C13H21N3O2S2.HI/c1-2-14-13(16-9-12-4-3-6-19-12)15-8-11-5-7-20(17,18)10-11;/h3-4,6,11H,2,5,7-10H2,1H3,(H2,14,15,16);1H. The van der Waals surface area contributed by atoms with Crippen molar-refractivity contribution >= 4 is 51.1 Å². The fourth-order valence-corrected chi connectivity index (χ4v) is 4.67. The summed E-state index contributed by atoms with van der Waals surface area (Å²) in [5, 5.41) is 8.46. The summed E-state index contributed by atoms with van der Waals surface area (Å²) in [7, 11) is -2.80. The minimum Gasteiger partial charge on any atom is -0.357 e. The van der Waals surface area contributed by atoms with E-state index >= 15 is 0 Å². The highest BCUT2D eigenvalue weighted by Crippen LogP contribution is 2.17. The maximum Gasteiger partial charge on any atom is 0.191 e. The predicted molar refractivity (Wildman–Crippen MR) is 99.3 cm³/mol. The molecule has 1 aliphatic rings. The molecule has 2 heterocycles. The molecular formula is C13H22IN3O2S2. The number of guanidine groups is 1. The molecule has 0 bridgehead atoms. The van der Waals surface area contributed by atoms with Gasteiger partial charge in [-0.3, -0.25) is 0 Å². The van der Waals surface area contributed by atoms with Gasteiger partial charge in [0.1, 0.15) is 0 Å². The number of halogens is 1. The molecule has 0 amide bonds. The fourth-order valence-electron chi connectivity index (χ4n) is 2.18. The molecule has 1 saturated heterocycles. The molecule has 1 aromatic heterocycles. The molecule has 21 heavy (non-hydrogen) atoms. The summed E-state index contributed by atoms with van der Waals surface area (Å²) < 4.78 is 22.8. The first-order valence-electron chi connectivity index (χ1n) is 6.84. The first kappa shape index (κ1) is 18.7. The Labute approximate surface area is 147 Å². The zero-order valence-corrected chi connectivity index (χ0v) is 16.0. The van der Waals surface area contributed by atoms with E-state index in [0.29, 0.717) is 24.6 Å². The highest BCUT2D eigenvalue weighted by molar-refractivity contribution is 14.0. The number of rotatable bonds is 5. The molecule has 1 aliphatic heterocycles. The van der Waals surface area contributed by atoms with Crippen LogP contribution in [-0.2, 0) is 16.4 Å². The lowest BCUT2D eigenvalue weighted by molar-refractivity contribution is 0.567. The molecule has 0 radical (unpaired) electrons. The minimum atomic E-state index is -2.80. The maximum atomic E-state index is 11.4. The fraction of sp³-hybridized carbons (Fsp3) is 0.615. The van der Waals surface area contributed by atoms with Crippen molar-refractivity contribution in [2.75, 3.05) is 24.6 Å². The van der Waals surface area contributed by atoms with E-state index < -0.39 is 9.84 Å². The van der Waals surface area contributed by atoms with E-state index in [9.17, 15) is 8.42 Å². The molecule has 0 aliphatic carbocycles. The largest absolute Gasteiger partial charge is 0.357 e. The van der Waals surface area contributed by atoms with Crippen LogP contribution in [0.2, 0.25) is 0 Å². The lowest BCUT2D eigenvalue weighted by Gasteiger charge is -2.14. The van der Waals surface area contributed by atoms with E-state index in [4.69, 9.17) is 0 Å². The van der Waals surface area contributed by atoms with Gasteiger partial charge in [-0.15, -0.1) is 35.3 Å². The normalized spacial score (nSPS) is 20.8. The summed E-state index contributed by atoms with van der Waals surface area (Å²) in [6.07, 6.45) is 0.750. The van der Waals surface area contributed by atoms with Crippen LogP contribution in [-0.4, -0.2) is 39.0 Å². The van der Waals surface area contributed by atoms with E-state index in [1.165, 1.54) is 4.88 Å². The summed E-state index contributed by atoms with van der Waals surface area (Å²) in [6.45, 7) is 4.12. The second-order valence-corrected chi connectivity index (χ2v) is 8.19. The molecule has 120 valence electrons. The monoisotopic (exact) mass is 443 g/mol. The Kier molecular flexibility index (Phi) is 7.96. The summed E-state index contributed by atoms with van der Waals surface area (Å²) in [4.78, 5) is 5.72. The third-order valence-electron chi connectivity index (χ3n) is 3.20. The highest BCUT2D eigenvalue weighted by Gasteiger charge is 2.27. The Bertz CT molecular complexity index is 544. The predicted octanol–water partition coefficient (Wildman–Crippen LogP) is 1.86. The lowest BCUT2D eigenvalue weighted by atomic mass is 10.1. The van der Waals surface area contributed by atoms with Gasteiger partial charge in [-0.1, -0.05) is 6.07 Å². The van der Waals surface area contributed by atoms with Gasteiger partial charge in [-0.2, -0.15) is 0 Å². The summed E-state index contributed by atoms with van der Waals surface area (Å²) in [5.74, 6) is 1.57. The van der Waals surface area contributed by atoms with Crippen LogP contribution in [0, 0.1) is 5.92 Å². The second-order valence-electron chi connectivity index (χ2n) is 4.92.